The van der Waals surface area contributed by atoms with Crippen molar-refractivity contribution in [3.8, 4) is 0 Å². The van der Waals surface area contributed by atoms with Crippen LogP contribution in [0.15, 0.2) is 46.3 Å². The van der Waals surface area contributed by atoms with Crippen molar-refractivity contribution in [2.24, 2.45) is 0 Å². The van der Waals surface area contributed by atoms with Crippen LogP contribution in [0.3, 0.4) is 0 Å². The molecule has 0 saturated heterocycles. The summed E-state index contributed by atoms with van der Waals surface area (Å²) in [6, 6.07) is 9.51. The van der Waals surface area contributed by atoms with E-state index in [1.165, 1.54) is 7.11 Å². The molecule has 94 valence electrons. The Kier molecular flexibility index (Phi) is 3.72. The van der Waals surface area contributed by atoms with Crippen LogP contribution >= 0.6 is 15.9 Å². The molecule has 2 rings (SSSR count). The summed E-state index contributed by atoms with van der Waals surface area (Å²) in [7, 11) is 3.07. The van der Waals surface area contributed by atoms with Gasteiger partial charge < -0.3 is 14.8 Å². The molecule has 1 heterocycles. The number of carbonyl (C=O) groups excluding carboxylic acids is 1. The Balaban J connectivity index is 2.56. The third-order valence-electron chi connectivity index (χ3n) is 2.54. The molecule has 0 aliphatic carbocycles. The Labute approximate surface area is 113 Å². The first-order valence-corrected chi connectivity index (χ1v) is 6.07. The predicted molar refractivity (Wildman–Crippen MR) is 71.5 cm³/mol. The zero-order chi connectivity index (χ0) is 13.1. The van der Waals surface area contributed by atoms with Crippen molar-refractivity contribution in [3.05, 3.63) is 51.8 Å². The number of halogens is 1. The third-order valence-corrected chi connectivity index (χ3v) is 3.26. The van der Waals surface area contributed by atoms with E-state index < -0.39 is 0 Å². The SMILES string of the molecule is COC1=C(Br)C(=O)NC1=C(OC)c1ccccc1. The van der Waals surface area contributed by atoms with Gasteiger partial charge in [0.1, 0.15) is 10.2 Å². The van der Waals surface area contributed by atoms with Gasteiger partial charge in [-0.2, -0.15) is 0 Å². The fraction of sp³-hybridized carbons (Fsp3) is 0.154. The number of hydrogen-bond donors (Lipinski definition) is 1. The average Bonchev–Trinajstić information content (AvgIpc) is 2.67. The number of rotatable bonds is 3. The second-order valence-corrected chi connectivity index (χ2v) is 4.37. The largest absolute Gasteiger partial charge is 0.494 e. The molecule has 0 spiro atoms. The van der Waals surface area contributed by atoms with Crippen molar-refractivity contribution in [1.82, 2.24) is 5.32 Å². The van der Waals surface area contributed by atoms with Crippen molar-refractivity contribution in [3.63, 3.8) is 0 Å². The summed E-state index contributed by atoms with van der Waals surface area (Å²) >= 11 is 3.19. The molecule has 0 radical (unpaired) electrons. The van der Waals surface area contributed by atoms with Crippen LogP contribution in [0.4, 0.5) is 0 Å². The molecule has 0 fully saturated rings. The van der Waals surface area contributed by atoms with Gasteiger partial charge >= 0.3 is 0 Å². The van der Waals surface area contributed by atoms with E-state index in [4.69, 9.17) is 9.47 Å². The van der Waals surface area contributed by atoms with Gasteiger partial charge in [0.2, 0.25) is 0 Å². The third kappa shape index (κ3) is 2.13. The molecular formula is C13H12BrNO3. The second-order valence-electron chi connectivity index (χ2n) is 3.58. The minimum atomic E-state index is -0.243. The number of ether oxygens (including phenoxy) is 2. The van der Waals surface area contributed by atoms with Crippen LogP contribution in [0.25, 0.3) is 5.76 Å². The molecule has 5 heteroatoms. The Bertz CT molecular complexity index is 534. The summed E-state index contributed by atoms with van der Waals surface area (Å²) in [6.45, 7) is 0. The monoisotopic (exact) mass is 309 g/mol. The summed E-state index contributed by atoms with van der Waals surface area (Å²) in [5.74, 6) is 0.767. The van der Waals surface area contributed by atoms with Crippen molar-refractivity contribution in [1.29, 1.82) is 0 Å². The molecule has 0 bridgehead atoms. The van der Waals surface area contributed by atoms with Crippen molar-refractivity contribution in [2.75, 3.05) is 14.2 Å². The minimum Gasteiger partial charge on any atom is -0.494 e. The molecule has 1 aromatic carbocycles. The van der Waals surface area contributed by atoms with Gasteiger partial charge in [0.15, 0.2) is 11.5 Å². The second kappa shape index (κ2) is 5.27. The normalized spacial score (nSPS) is 17.6. The van der Waals surface area contributed by atoms with Gasteiger partial charge in [-0.05, 0) is 15.9 Å². The fourth-order valence-electron chi connectivity index (χ4n) is 1.74. The molecule has 0 aromatic heterocycles. The smallest absolute Gasteiger partial charge is 0.266 e. The number of nitrogens with one attached hydrogen (secondary N) is 1. The Morgan fingerprint density at radius 1 is 1.22 bits per heavy atom. The lowest BCUT2D eigenvalue weighted by Crippen LogP contribution is -2.17. The summed E-state index contributed by atoms with van der Waals surface area (Å²) < 4.78 is 11.0. The minimum absolute atomic E-state index is 0.243. The van der Waals surface area contributed by atoms with Crippen LogP contribution < -0.4 is 5.32 Å². The van der Waals surface area contributed by atoms with E-state index in [1.807, 2.05) is 30.3 Å². The fourth-order valence-corrected chi connectivity index (χ4v) is 2.20. The summed E-state index contributed by atoms with van der Waals surface area (Å²) in [6.07, 6.45) is 0. The molecule has 0 atom stereocenters. The molecule has 0 unspecified atom stereocenters. The number of amides is 1. The highest BCUT2D eigenvalue weighted by Gasteiger charge is 2.30. The molecule has 4 nitrogen and oxygen atoms in total. The first-order valence-electron chi connectivity index (χ1n) is 5.28. The van der Waals surface area contributed by atoms with E-state index in [1.54, 1.807) is 7.11 Å². The zero-order valence-electron chi connectivity index (χ0n) is 9.99. The molecule has 1 N–H and O–H groups in total. The highest BCUT2D eigenvalue weighted by atomic mass is 79.9. The highest BCUT2D eigenvalue weighted by molar-refractivity contribution is 9.12. The Morgan fingerprint density at radius 3 is 2.44 bits per heavy atom. The first kappa shape index (κ1) is 12.7. The zero-order valence-corrected chi connectivity index (χ0v) is 11.6. The van der Waals surface area contributed by atoms with Gasteiger partial charge in [-0.1, -0.05) is 30.3 Å². The van der Waals surface area contributed by atoms with Gasteiger partial charge in [-0.3, -0.25) is 4.79 Å². The van der Waals surface area contributed by atoms with Gasteiger partial charge in [-0.25, -0.2) is 0 Å². The average molecular weight is 310 g/mol. The van der Waals surface area contributed by atoms with Crippen molar-refractivity contribution >= 4 is 27.6 Å². The molecule has 18 heavy (non-hydrogen) atoms. The van der Waals surface area contributed by atoms with E-state index in [0.717, 1.165) is 5.56 Å². The Hall–Kier alpha value is -1.75. The highest BCUT2D eigenvalue weighted by Crippen LogP contribution is 2.31. The molecule has 1 aromatic rings. The summed E-state index contributed by atoms with van der Waals surface area (Å²) in [4.78, 5) is 11.6. The van der Waals surface area contributed by atoms with E-state index >= 15 is 0 Å². The lowest BCUT2D eigenvalue weighted by atomic mass is 10.1. The summed E-state index contributed by atoms with van der Waals surface area (Å²) in [5, 5.41) is 2.72. The summed E-state index contributed by atoms with van der Waals surface area (Å²) in [5.41, 5.74) is 1.40. The first-order chi connectivity index (χ1) is 8.69. The predicted octanol–water partition coefficient (Wildman–Crippen LogP) is 2.38. The number of carbonyl (C=O) groups is 1. The quantitative estimate of drug-likeness (QED) is 0.872. The maximum atomic E-state index is 11.6. The van der Waals surface area contributed by atoms with Gasteiger partial charge in [-0.15, -0.1) is 0 Å². The lowest BCUT2D eigenvalue weighted by Gasteiger charge is -2.12. The Morgan fingerprint density at radius 2 is 1.89 bits per heavy atom. The van der Waals surface area contributed by atoms with Gasteiger partial charge in [0.25, 0.3) is 5.91 Å². The van der Waals surface area contributed by atoms with E-state index in [9.17, 15) is 4.79 Å². The number of methoxy groups -OCH3 is 2. The number of benzene rings is 1. The van der Waals surface area contributed by atoms with Crippen molar-refractivity contribution < 1.29 is 14.3 Å². The van der Waals surface area contributed by atoms with Crippen LogP contribution in [0.1, 0.15) is 5.56 Å². The maximum absolute atomic E-state index is 11.6. The van der Waals surface area contributed by atoms with Crippen LogP contribution in [0.2, 0.25) is 0 Å². The molecule has 1 aliphatic heterocycles. The van der Waals surface area contributed by atoms with Crippen LogP contribution in [-0.2, 0) is 14.3 Å². The van der Waals surface area contributed by atoms with Gasteiger partial charge in [0.05, 0.1) is 14.2 Å². The van der Waals surface area contributed by atoms with Crippen LogP contribution in [0, 0.1) is 0 Å². The van der Waals surface area contributed by atoms with Crippen molar-refractivity contribution in [2.45, 2.75) is 0 Å². The van der Waals surface area contributed by atoms with Crippen LogP contribution in [-0.4, -0.2) is 20.1 Å². The standard InChI is InChI=1S/C13H12BrNO3/c1-17-11(8-6-4-3-5-7-8)10-12(18-2)9(14)13(16)15-10/h3-7H,1-2H3,(H,15,16). The van der Waals surface area contributed by atoms with E-state index in [0.29, 0.717) is 21.7 Å². The number of hydrogen-bond acceptors (Lipinski definition) is 3. The topological polar surface area (TPSA) is 47.6 Å². The lowest BCUT2D eigenvalue weighted by molar-refractivity contribution is -0.115. The maximum Gasteiger partial charge on any atom is 0.266 e. The van der Waals surface area contributed by atoms with Crippen LogP contribution in [0.5, 0.6) is 0 Å². The van der Waals surface area contributed by atoms with E-state index in [2.05, 4.69) is 21.2 Å². The van der Waals surface area contributed by atoms with E-state index in [-0.39, 0.29) is 5.91 Å². The molecule has 1 amide bonds. The molecule has 1 aliphatic rings. The van der Waals surface area contributed by atoms with Gasteiger partial charge in [0, 0.05) is 5.56 Å². The molecule has 0 saturated carbocycles. The molecular weight excluding hydrogens is 298 g/mol.